The number of nitrogens with zero attached hydrogens (tertiary/aromatic N) is 2. The molecule has 116 valence electrons. The summed E-state index contributed by atoms with van der Waals surface area (Å²) in [6.45, 7) is 3.58. The van der Waals surface area contributed by atoms with Gasteiger partial charge >= 0.3 is 0 Å². The van der Waals surface area contributed by atoms with Gasteiger partial charge in [0.25, 0.3) is 0 Å². The van der Waals surface area contributed by atoms with Gasteiger partial charge in [0.2, 0.25) is 11.8 Å². The maximum absolute atomic E-state index is 11.7. The first-order valence-electron chi connectivity index (χ1n) is 6.57. The van der Waals surface area contributed by atoms with Crippen molar-refractivity contribution in [2.24, 2.45) is 0 Å². The number of carbonyl (C=O) groups is 2. The highest BCUT2D eigenvalue weighted by Crippen LogP contribution is 2.09. The Morgan fingerprint density at radius 3 is 2.41 bits per heavy atom. The second-order valence-corrected chi connectivity index (χ2v) is 5.56. The number of pyridine rings is 1. The van der Waals surface area contributed by atoms with Crippen molar-refractivity contribution in [3.8, 4) is 0 Å². The number of carbonyl (C=O) groups excluding carboxylic acids is 2. The number of hydrogen-bond donors (Lipinski definition) is 2. The number of hydrogen-bond acceptors (Lipinski definition) is 6. The third kappa shape index (κ3) is 5.21. The monoisotopic (exact) mass is 320 g/mol. The molecular formula is C14H16N4O3S. The fourth-order valence-corrected chi connectivity index (χ4v) is 2.25. The minimum absolute atomic E-state index is 0.153. The van der Waals surface area contributed by atoms with E-state index in [1.807, 2.05) is 19.1 Å². The second kappa shape index (κ2) is 7.60. The van der Waals surface area contributed by atoms with Crippen LogP contribution in [0.1, 0.15) is 11.5 Å². The molecule has 0 aliphatic carbocycles. The van der Waals surface area contributed by atoms with Crippen molar-refractivity contribution in [2.75, 3.05) is 22.1 Å². The molecule has 0 aliphatic rings. The predicted octanol–water partition coefficient (Wildman–Crippen LogP) is 2.00. The van der Waals surface area contributed by atoms with E-state index in [4.69, 9.17) is 4.52 Å². The van der Waals surface area contributed by atoms with Gasteiger partial charge in [0.15, 0.2) is 5.82 Å². The summed E-state index contributed by atoms with van der Waals surface area (Å²) < 4.78 is 4.84. The van der Waals surface area contributed by atoms with E-state index in [1.54, 1.807) is 19.1 Å². The molecule has 2 aromatic heterocycles. The van der Waals surface area contributed by atoms with Crippen LogP contribution in [0.25, 0.3) is 0 Å². The first kappa shape index (κ1) is 16.0. The molecule has 2 heterocycles. The summed E-state index contributed by atoms with van der Waals surface area (Å²) in [6, 6.07) is 7.01. The molecule has 0 bridgehead atoms. The molecule has 0 aromatic carbocycles. The fourth-order valence-electron chi connectivity index (χ4n) is 1.63. The summed E-state index contributed by atoms with van der Waals surface area (Å²) in [5.74, 6) is 1.38. The molecule has 2 rings (SSSR count). The zero-order valence-corrected chi connectivity index (χ0v) is 13.1. The van der Waals surface area contributed by atoms with Gasteiger partial charge < -0.3 is 15.2 Å². The molecule has 22 heavy (non-hydrogen) atoms. The van der Waals surface area contributed by atoms with Crippen LogP contribution in [0.4, 0.5) is 11.6 Å². The van der Waals surface area contributed by atoms with Crippen molar-refractivity contribution >= 4 is 35.2 Å². The van der Waals surface area contributed by atoms with E-state index in [2.05, 4.69) is 20.8 Å². The Kier molecular flexibility index (Phi) is 5.54. The first-order valence-corrected chi connectivity index (χ1v) is 7.73. The number of rotatable bonds is 6. The Balaban J connectivity index is 1.69. The minimum Gasteiger partial charge on any atom is -0.360 e. The molecule has 0 radical (unpaired) electrons. The number of thioether (sulfide) groups is 1. The normalized spacial score (nSPS) is 10.3. The van der Waals surface area contributed by atoms with Crippen LogP contribution in [0.3, 0.4) is 0 Å². The minimum atomic E-state index is -0.236. The van der Waals surface area contributed by atoms with Gasteiger partial charge in [-0.15, -0.1) is 11.8 Å². The number of amides is 2. The molecule has 2 aromatic rings. The SMILES string of the molecule is Cc1cccc(NC(=O)CSCC(=O)Nc2cc(C)on2)n1. The highest BCUT2D eigenvalue weighted by molar-refractivity contribution is 8.00. The standard InChI is InChI=1S/C14H16N4O3S/c1-9-4-3-5-11(15-9)16-13(19)7-22-8-14(20)17-12-6-10(2)21-18-12/h3-6H,7-8H2,1-2H3,(H,15,16,19)(H,17,18,20). The number of nitrogens with one attached hydrogen (secondary N) is 2. The van der Waals surface area contributed by atoms with E-state index in [1.165, 1.54) is 11.8 Å². The van der Waals surface area contributed by atoms with Crippen molar-refractivity contribution in [3.63, 3.8) is 0 Å². The van der Waals surface area contributed by atoms with Gasteiger partial charge in [-0.25, -0.2) is 4.98 Å². The Morgan fingerprint density at radius 1 is 1.14 bits per heavy atom. The average Bonchev–Trinajstić information content (AvgIpc) is 2.84. The van der Waals surface area contributed by atoms with E-state index in [-0.39, 0.29) is 23.3 Å². The molecule has 2 amide bonds. The maximum atomic E-state index is 11.7. The van der Waals surface area contributed by atoms with Crippen LogP contribution in [0.5, 0.6) is 0 Å². The Morgan fingerprint density at radius 2 is 1.82 bits per heavy atom. The van der Waals surface area contributed by atoms with Crippen LogP contribution in [-0.4, -0.2) is 33.5 Å². The smallest absolute Gasteiger partial charge is 0.235 e. The lowest BCUT2D eigenvalue weighted by Crippen LogP contribution is -2.19. The van der Waals surface area contributed by atoms with Crippen LogP contribution in [-0.2, 0) is 9.59 Å². The summed E-state index contributed by atoms with van der Waals surface area (Å²) in [7, 11) is 0. The third-order valence-corrected chi connectivity index (χ3v) is 3.45. The van der Waals surface area contributed by atoms with Gasteiger partial charge in [-0.1, -0.05) is 11.2 Å². The molecule has 0 fully saturated rings. The van der Waals surface area contributed by atoms with Crippen molar-refractivity contribution in [1.29, 1.82) is 0 Å². The number of aryl methyl sites for hydroxylation is 2. The number of anilines is 2. The van der Waals surface area contributed by atoms with Crippen molar-refractivity contribution in [2.45, 2.75) is 13.8 Å². The molecule has 7 nitrogen and oxygen atoms in total. The highest BCUT2D eigenvalue weighted by atomic mass is 32.2. The van der Waals surface area contributed by atoms with Crippen LogP contribution >= 0.6 is 11.8 Å². The van der Waals surface area contributed by atoms with Crippen LogP contribution in [0.15, 0.2) is 28.8 Å². The molecular weight excluding hydrogens is 304 g/mol. The maximum Gasteiger partial charge on any atom is 0.235 e. The molecule has 2 N–H and O–H groups in total. The summed E-state index contributed by atoms with van der Waals surface area (Å²) in [4.78, 5) is 27.6. The van der Waals surface area contributed by atoms with Crippen LogP contribution in [0, 0.1) is 13.8 Å². The van der Waals surface area contributed by atoms with E-state index < -0.39 is 0 Å². The van der Waals surface area contributed by atoms with Gasteiger partial charge in [0.05, 0.1) is 11.5 Å². The second-order valence-electron chi connectivity index (χ2n) is 4.58. The third-order valence-electron chi connectivity index (χ3n) is 2.52. The Hall–Kier alpha value is -2.35. The topological polar surface area (TPSA) is 97.1 Å². The van der Waals surface area contributed by atoms with Gasteiger partial charge in [-0.3, -0.25) is 9.59 Å². The molecule has 0 unspecified atom stereocenters. The van der Waals surface area contributed by atoms with E-state index in [0.717, 1.165) is 5.69 Å². The van der Waals surface area contributed by atoms with Gasteiger partial charge in [-0.2, -0.15) is 0 Å². The fraction of sp³-hybridized carbons (Fsp3) is 0.286. The van der Waals surface area contributed by atoms with Gasteiger partial charge in [0, 0.05) is 11.8 Å². The van der Waals surface area contributed by atoms with Crippen molar-refractivity contribution in [1.82, 2.24) is 10.1 Å². The summed E-state index contributed by atoms with van der Waals surface area (Å²) in [5, 5.41) is 8.92. The quantitative estimate of drug-likeness (QED) is 0.845. The van der Waals surface area contributed by atoms with E-state index >= 15 is 0 Å². The van der Waals surface area contributed by atoms with Crippen molar-refractivity contribution in [3.05, 3.63) is 35.7 Å². The zero-order valence-electron chi connectivity index (χ0n) is 12.3. The molecule has 0 aliphatic heterocycles. The molecule has 0 spiro atoms. The zero-order chi connectivity index (χ0) is 15.9. The molecule has 0 saturated carbocycles. The lowest BCUT2D eigenvalue weighted by Gasteiger charge is -2.05. The van der Waals surface area contributed by atoms with E-state index in [0.29, 0.717) is 17.4 Å². The predicted molar refractivity (Wildman–Crippen MR) is 84.8 cm³/mol. The average molecular weight is 320 g/mol. The largest absolute Gasteiger partial charge is 0.360 e. The molecule has 0 saturated heterocycles. The lowest BCUT2D eigenvalue weighted by atomic mass is 10.4. The summed E-state index contributed by atoms with van der Waals surface area (Å²) in [6.07, 6.45) is 0. The summed E-state index contributed by atoms with van der Waals surface area (Å²) >= 11 is 1.21. The molecule has 8 heteroatoms. The highest BCUT2D eigenvalue weighted by Gasteiger charge is 2.09. The lowest BCUT2D eigenvalue weighted by molar-refractivity contribution is -0.114. The van der Waals surface area contributed by atoms with Crippen molar-refractivity contribution < 1.29 is 14.1 Å². The van der Waals surface area contributed by atoms with Crippen LogP contribution in [0.2, 0.25) is 0 Å². The number of aromatic nitrogens is 2. The summed E-state index contributed by atoms with van der Waals surface area (Å²) in [5.41, 5.74) is 0.827. The van der Waals surface area contributed by atoms with Gasteiger partial charge in [-0.05, 0) is 26.0 Å². The molecule has 0 atom stereocenters. The Bertz CT molecular complexity index is 672. The Labute approximate surface area is 131 Å². The van der Waals surface area contributed by atoms with Gasteiger partial charge in [0.1, 0.15) is 11.6 Å². The van der Waals surface area contributed by atoms with Crippen LogP contribution < -0.4 is 10.6 Å². The van der Waals surface area contributed by atoms with E-state index in [9.17, 15) is 9.59 Å². The first-order chi connectivity index (χ1) is 10.5.